The van der Waals surface area contributed by atoms with Crippen molar-refractivity contribution in [3.63, 3.8) is 0 Å². The molecule has 3 aromatic rings. The van der Waals surface area contributed by atoms with Gasteiger partial charge in [0.1, 0.15) is 5.76 Å². The Morgan fingerprint density at radius 2 is 2.03 bits per heavy atom. The van der Waals surface area contributed by atoms with Crippen LogP contribution in [0.1, 0.15) is 31.6 Å². The predicted molar refractivity (Wildman–Crippen MR) is 130 cm³/mol. The first-order chi connectivity index (χ1) is 14.1. The molecule has 1 amide bonds. The number of aromatic nitrogens is 1. The van der Waals surface area contributed by atoms with E-state index in [9.17, 15) is 4.79 Å². The van der Waals surface area contributed by atoms with Gasteiger partial charge in [0.25, 0.3) is 5.91 Å². The molecule has 0 fully saturated rings. The highest BCUT2D eigenvalue weighted by molar-refractivity contribution is 14.0. The number of nitrogens with one attached hydrogen (secondary N) is 3. The Bertz CT molecular complexity index is 956. The molecule has 0 saturated carbocycles. The topological polar surface area (TPSA) is 91.5 Å². The fourth-order valence-electron chi connectivity index (χ4n) is 2.72. The maximum Gasteiger partial charge on any atom is 0.251 e. The number of thiazole rings is 1. The average molecular weight is 539 g/mol. The van der Waals surface area contributed by atoms with E-state index in [0.29, 0.717) is 24.6 Å². The van der Waals surface area contributed by atoms with Gasteiger partial charge in [0, 0.05) is 43.2 Å². The van der Waals surface area contributed by atoms with E-state index < -0.39 is 0 Å². The van der Waals surface area contributed by atoms with E-state index in [1.54, 1.807) is 36.8 Å². The molecule has 2 aromatic heterocycles. The van der Waals surface area contributed by atoms with E-state index in [-0.39, 0.29) is 29.9 Å². The summed E-state index contributed by atoms with van der Waals surface area (Å²) in [7, 11) is 1.74. The Morgan fingerprint density at radius 1 is 1.17 bits per heavy atom. The van der Waals surface area contributed by atoms with Crippen molar-refractivity contribution >= 4 is 47.2 Å². The van der Waals surface area contributed by atoms with Gasteiger partial charge < -0.3 is 20.4 Å². The first kappa shape index (κ1) is 23.9. The highest BCUT2D eigenvalue weighted by atomic mass is 127. The number of nitrogens with zero attached hydrogens (tertiary/aromatic N) is 2. The highest BCUT2D eigenvalue weighted by Crippen LogP contribution is 2.11. The number of furan rings is 1. The molecule has 9 heteroatoms. The number of benzene rings is 1. The maximum absolute atomic E-state index is 12.3. The summed E-state index contributed by atoms with van der Waals surface area (Å²) in [6, 6.07) is 11.1. The van der Waals surface area contributed by atoms with Crippen molar-refractivity contribution in [1.82, 2.24) is 20.9 Å². The van der Waals surface area contributed by atoms with E-state index in [2.05, 4.69) is 32.9 Å². The number of aliphatic imine (C=N–C) groups is 1. The van der Waals surface area contributed by atoms with Crippen molar-refractivity contribution in [3.05, 3.63) is 75.6 Å². The Hall–Kier alpha value is -2.40. The second-order valence-electron chi connectivity index (χ2n) is 6.43. The minimum atomic E-state index is -0.135. The Morgan fingerprint density at radius 3 is 2.73 bits per heavy atom. The summed E-state index contributed by atoms with van der Waals surface area (Å²) < 4.78 is 5.23. The van der Waals surface area contributed by atoms with Gasteiger partial charge in [-0.3, -0.25) is 9.79 Å². The van der Waals surface area contributed by atoms with Gasteiger partial charge in [0.2, 0.25) is 0 Å². The fourth-order valence-corrected chi connectivity index (χ4v) is 3.50. The van der Waals surface area contributed by atoms with Gasteiger partial charge in [-0.2, -0.15) is 0 Å². The van der Waals surface area contributed by atoms with Crippen molar-refractivity contribution in [3.8, 4) is 0 Å². The van der Waals surface area contributed by atoms with Gasteiger partial charge in [-0.25, -0.2) is 4.98 Å². The zero-order chi connectivity index (χ0) is 20.5. The standard InChI is InChI=1S/C21H25N5O2S.HI/c1-15-12-24-19(29-15)8-9-23-21(22-2)26-13-16-5-3-6-17(11-16)20(27)25-14-18-7-4-10-28-18;/h3-7,10-12H,8-9,13-14H2,1-2H3,(H,25,27)(H2,22,23,26);1H. The number of amides is 1. The molecule has 7 nitrogen and oxygen atoms in total. The molecule has 0 atom stereocenters. The lowest BCUT2D eigenvalue weighted by molar-refractivity contribution is 0.0948. The smallest absolute Gasteiger partial charge is 0.251 e. The third-order valence-corrected chi connectivity index (χ3v) is 5.15. The Balaban J connectivity index is 0.00000320. The van der Waals surface area contributed by atoms with E-state index in [1.807, 2.05) is 30.5 Å². The molecular formula is C21H26IN5O2S. The van der Waals surface area contributed by atoms with Crippen molar-refractivity contribution in [1.29, 1.82) is 0 Å². The number of aryl methyl sites for hydroxylation is 1. The molecule has 0 aliphatic carbocycles. The van der Waals surface area contributed by atoms with Crippen LogP contribution in [0, 0.1) is 6.92 Å². The molecule has 0 bridgehead atoms. The van der Waals surface area contributed by atoms with Crippen LogP contribution in [0.15, 0.2) is 58.3 Å². The van der Waals surface area contributed by atoms with Crippen LogP contribution in [0.5, 0.6) is 0 Å². The van der Waals surface area contributed by atoms with Gasteiger partial charge in [-0.1, -0.05) is 12.1 Å². The Labute approximate surface area is 197 Å². The first-order valence-corrected chi connectivity index (χ1v) is 10.2. The zero-order valence-corrected chi connectivity index (χ0v) is 20.1. The summed E-state index contributed by atoms with van der Waals surface area (Å²) in [4.78, 5) is 22.2. The van der Waals surface area contributed by atoms with Crippen LogP contribution in [0.3, 0.4) is 0 Å². The third kappa shape index (κ3) is 7.45. The van der Waals surface area contributed by atoms with Gasteiger partial charge in [0.05, 0.1) is 17.8 Å². The Kier molecular flexibility index (Phi) is 9.81. The maximum atomic E-state index is 12.3. The summed E-state index contributed by atoms with van der Waals surface area (Å²) in [5.74, 6) is 1.30. The number of rotatable bonds is 8. The largest absolute Gasteiger partial charge is 0.467 e. The summed E-state index contributed by atoms with van der Waals surface area (Å²) in [6.45, 7) is 3.74. The predicted octanol–water partition coefficient (Wildman–Crippen LogP) is 3.50. The molecule has 0 aliphatic rings. The SMILES string of the molecule is CN=C(NCCc1ncc(C)s1)NCc1cccc(C(=O)NCc2ccco2)c1.I. The molecule has 0 spiro atoms. The van der Waals surface area contributed by atoms with Crippen LogP contribution in [0.2, 0.25) is 0 Å². The van der Waals surface area contributed by atoms with E-state index >= 15 is 0 Å². The lowest BCUT2D eigenvalue weighted by Gasteiger charge is -2.12. The number of hydrogen-bond donors (Lipinski definition) is 3. The first-order valence-electron chi connectivity index (χ1n) is 9.39. The van der Waals surface area contributed by atoms with Crippen LogP contribution in [0.25, 0.3) is 0 Å². The quantitative estimate of drug-likeness (QED) is 0.232. The molecule has 0 unspecified atom stereocenters. The summed E-state index contributed by atoms with van der Waals surface area (Å²) >= 11 is 1.71. The zero-order valence-electron chi connectivity index (χ0n) is 17.0. The molecule has 0 radical (unpaired) electrons. The highest BCUT2D eigenvalue weighted by Gasteiger charge is 2.07. The van der Waals surface area contributed by atoms with Crippen LogP contribution >= 0.6 is 35.3 Å². The van der Waals surface area contributed by atoms with Crippen LogP contribution in [-0.2, 0) is 19.5 Å². The van der Waals surface area contributed by atoms with Crippen molar-refractivity contribution in [2.45, 2.75) is 26.4 Å². The molecular weight excluding hydrogens is 513 g/mol. The van der Waals surface area contributed by atoms with Gasteiger partial charge in [0.15, 0.2) is 5.96 Å². The van der Waals surface area contributed by atoms with Crippen molar-refractivity contribution in [2.75, 3.05) is 13.6 Å². The number of carbonyl (C=O) groups is 1. The summed E-state index contributed by atoms with van der Waals surface area (Å²) in [5.41, 5.74) is 1.60. The fraction of sp³-hybridized carbons (Fsp3) is 0.286. The second kappa shape index (κ2) is 12.3. The van der Waals surface area contributed by atoms with E-state index in [4.69, 9.17) is 4.42 Å². The molecule has 160 valence electrons. The molecule has 3 N–H and O–H groups in total. The molecule has 2 heterocycles. The average Bonchev–Trinajstić information content (AvgIpc) is 3.40. The third-order valence-electron chi connectivity index (χ3n) is 4.18. The van der Waals surface area contributed by atoms with Crippen LogP contribution < -0.4 is 16.0 Å². The van der Waals surface area contributed by atoms with Gasteiger partial charge in [-0.15, -0.1) is 35.3 Å². The molecule has 30 heavy (non-hydrogen) atoms. The molecule has 0 saturated heterocycles. The number of carbonyl (C=O) groups excluding carboxylic acids is 1. The lowest BCUT2D eigenvalue weighted by Crippen LogP contribution is -2.37. The van der Waals surface area contributed by atoms with Crippen LogP contribution in [-0.4, -0.2) is 30.4 Å². The van der Waals surface area contributed by atoms with E-state index in [1.165, 1.54) is 4.88 Å². The lowest BCUT2D eigenvalue weighted by atomic mass is 10.1. The molecule has 0 aliphatic heterocycles. The monoisotopic (exact) mass is 539 g/mol. The number of guanidine groups is 1. The summed E-state index contributed by atoms with van der Waals surface area (Å²) in [6.07, 6.45) is 4.34. The minimum Gasteiger partial charge on any atom is -0.467 e. The van der Waals surface area contributed by atoms with Crippen molar-refractivity contribution < 1.29 is 9.21 Å². The van der Waals surface area contributed by atoms with Gasteiger partial charge >= 0.3 is 0 Å². The second-order valence-corrected chi connectivity index (χ2v) is 7.75. The van der Waals surface area contributed by atoms with E-state index in [0.717, 1.165) is 29.3 Å². The van der Waals surface area contributed by atoms with Crippen LogP contribution in [0.4, 0.5) is 0 Å². The molecule has 3 rings (SSSR count). The number of halogens is 1. The minimum absolute atomic E-state index is 0. The van der Waals surface area contributed by atoms with Crippen molar-refractivity contribution in [2.24, 2.45) is 4.99 Å². The number of hydrogen-bond acceptors (Lipinski definition) is 5. The normalized spacial score (nSPS) is 10.9. The molecule has 1 aromatic carbocycles. The summed E-state index contributed by atoms with van der Waals surface area (Å²) in [5, 5.41) is 10.5. The van der Waals surface area contributed by atoms with Gasteiger partial charge in [-0.05, 0) is 36.8 Å².